The first kappa shape index (κ1) is 29.3. The lowest BCUT2D eigenvalue weighted by molar-refractivity contribution is -0.190. The molecule has 0 spiro atoms. The van der Waals surface area contributed by atoms with E-state index in [0.29, 0.717) is 28.9 Å². The minimum absolute atomic E-state index is 0. The molecule has 0 radical (unpaired) electrons. The van der Waals surface area contributed by atoms with E-state index in [1.54, 1.807) is 13.8 Å². The maximum absolute atomic E-state index is 15.1. The van der Waals surface area contributed by atoms with Crippen molar-refractivity contribution in [3.05, 3.63) is 62.3 Å². The third-order valence-corrected chi connectivity index (χ3v) is 5.48. The van der Waals surface area contributed by atoms with Crippen molar-refractivity contribution in [2.45, 2.75) is 52.6 Å². The number of ether oxygens (including phenoxy) is 1. The van der Waals surface area contributed by atoms with Crippen molar-refractivity contribution in [1.29, 1.82) is 0 Å². The van der Waals surface area contributed by atoms with Crippen LogP contribution >= 0.6 is 25.1 Å². The first-order valence-corrected chi connectivity index (χ1v) is 10.6. The predicted octanol–water partition coefficient (Wildman–Crippen LogP) is 3.30. The number of aryl methyl sites for hydroxylation is 1. The van der Waals surface area contributed by atoms with Crippen molar-refractivity contribution in [2.75, 3.05) is 0 Å². The zero-order valence-corrected chi connectivity index (χ0v) is 21.0. The molecule has 0 aliphatic carbocycles. The van der Waals surface area contributed by atoms with Crippen molar-refractivity contribution in [2.24, 2.45) is 0 Å². The van der Waals surface area contributed by atoms with E-state index in [4.69, 9.17) is 16.3 Å². The highest BCUT2D eigenvalue weighted by molar-refractivity contribution is 7.59. The lowest BCUT2D eigenvalue weighted by atomic mass is 10.0. The third-order valence-electron chi connectivity index (χ3n) is 5.12. The van der Waals surface area contributed by atoms with Crippen LogP contribution in [0.1, 0.15) is 41.3 Å². The Hall–Kier alpha value is -2.97. The predicted molar refractivity (Wildman–Crippen MR) is 126 cm³/mol. The van der Waals surface area contributed by atoms with Gasteiger partial charge in [-0.25, -0.2) is 9.18 Å². The normalized spacial score (nSPS) is 12.2. The second-order valence-electron chi connectivity index (χ2n) is 7.42. The van der Waals surface area contributed by atoms with Gasteiger partial charge in [-0.2, -0.15) is 36.3 Å². The SMILES string of the molecule is CCn1c(CO)nn(-c2nc(O[C@@H](C)C(F)(F)F)c(C(=O)Cc3c(Cl)ccnc3C)cc2F)c1=O.S. The van der Waals surface area contributed by atoms with Gasteiger partial charge < -0.3 is 9.84 Å². The maximum atomic E-state index is 15.1. The Morgan fingerprint density at radius 2 is 2.00 bits per heavy atom. The van der Waals surface area contributed by atoms with Crippen molar-refractivity contribution in [3.8, 4) is 11.7 Å². The van der Waals surface area contributed by atoms with E-state index in [1.807, 2.05) is 0 Å². The number of halogens is 5. The highest BCUT2D eigenvalue weighted by atomic mass is 35.5. The van der Waals surface area contributed by atoms with E-state index in [1.165, 1.54) is 12.3 Å². The second kappa shape index (κ2) is 11.4. The van der Waals surface area contributed by atoms with Gasteiger partial charge in [0.1, 0.15) is 6.61 Å². The van der Waals surface area contributed by atoms with Gasteiger partial charge in [-0.3, -0.25) is 14.3 Å². The molecule has 0 aliphatic heterocycles. The molecule has 196 valence electrons. The Kier molecular flexibility index (Phi) is 9.26. The molecule has 9 nitrogen and oxygen atoms in total. The molecule has 3 aromatic heterocycles. The summed E-state index contributed by atoms with van der Waals surface area (Å²) in [5.41, 5.74) is -0.791. The van der Waals surface area contributed by atoms with Gasteiger partial charge in [0, 0.05) is 29.9 Å². The molecule has 0 amide bonds. The number of ketones is 1. The van der Waals surface area contributed by atoms with Crippen LogP contribution in [0, 0.1) is 12.7 Å². The molecule has 0 aliphatic rings. The van der Waals surface area contributed by atoms with Gasteiger partial charge in [-0.05, 0) is 38.5 Å². The van der Waals surface area contributed by atoms with Gasteiger partial charge in [0.25, 0.3) is 0 Å². The average Bonchev–Trinajstić information content (AvgIpc) is 3.11. The quantitative estimate of drug-likeness (QED) is 0.338. The zero-order chi connectivity index (χ0) is 26.1. The molecule has 3 rings (SSSR count). The monoisotopic (exact) mass is 551 g/mol. The van der Waals surface area contributed by atoms with E-state index >= 15 is 4.39 Å². The molecule has 0 unspecified atom stereocenters. The van der Waals surface area contributed by atoms with Gasteiger partial charge in [0.15, 0.2) is 29.3 Å². The summed E-state index contributed by atoms with van der Waals surface area (Å²) in [5, 5.41) is 13.4. The zero-order valence-electron chi connectivity index (χ0n) is 19.2. The number of pyridine rings is 2. The third kappa shape index (κ3) is 5.87. The van der Waals surface area contributed by atoms with Crippen LogP contribution in [0.15, 0.2) is 23.1 Å². The minimum atomic E-state index is -4.83. The van der Waals surface area contributed by atoms with E-state index in [2.05, 4.69) is 15.1 Å². The summed E-state index contributed by atoms with van der Waals surface area (Å²) in [5.74, 6) is -3.83. The Labute approximate surface area is 214 Å². The number of aliphatic hydroxyl groups excluding tert-OH is 1. The summed E-state index contributed by atoms with van der Waals surface area (Å²) in [6, 6.07) is 2.05. The number of carbonyl (C=O) groups is 1. The number of nitrogens with zero attached hydrogens (tertiary/aromatic N) is 5. The lowest BCUT2D eigenvalue weighted by Gasteiger charge is -2.19. The van der Waals surface area contributed by atoms with Gasteiger partial charge in [0.2, 0.25) is 5.88 Å². The molecule has 1 atom stereocenters. The summed E-state index contributed by atoms with van der Waals surface area (Å²) >= 11 is 6.11. The molecule has 0 saturated carbocycles. The first-order chi connectivity index (χ1) is 16.4. The standard InChI is InChI=1S/C21H20ClF4N5O4.H2S/c1-4-30-17(9-32)29-31(20(30)34)18-15(23)7-13(19(28-18)35-11(3)21(24,25)26)16(33)8-12-10(2)27-6-5-14(12)22;/h5-7,11,32H,4,8-9H2,1-3H3;1H2/t11-;/m0./s1. The van der Waals surface area contributed by atoms with Crippen LogP contribution in [0.5, 0.6) is 5.88 Å². The first-order valence-electron chi connectivity index (χ1n) is 10.3. The number of alkyl halides is 3. The molecule has 3 aromatic rings. The summed E-state index contributed by atoms with van der Waals surface area (Å²) < 4.78 is 61.1. The Morgan fingerprint density at radius 1 is 1.33 bits per heavy atom. The van der Waals surface area contributed by atoms with E-state index in [0.717, 1.165) is 4.57 Å². The minimum Gasteiger partial charge on any atom is -0.464 e. The number of rotatable bonds is 8. The van der Waals surface area contributed by atoms with E-state index in [9.17, 15) is 27.9 Å². The Morgan fingerprint density at radius 3 is 2.53 bits per heavy atom. The largest absolute Gasteiger partial charge is 0.464 e. The molecule has 0 aromatic carbocycles. The number of Topliss-reactive ketones (excluding diaryl/α,β-unsaturated/α-hetero) is 1. The number of aromatic nitrogens is 5. The average molecular weight is 552 g/mol. The summed E-state index contributed by atoms with van der Waals surface area (Å²) in [7, 11) is 0. The molecular formula is C21H22ClF4N5O4S. The topological polar surface area (TPSA) is 112 Å². The van der Waals surface area contributed by atoms with Crippen molar-refractivity contribution in [3.63, 3.8) is 0 Å². The van der Waals surface area contributed by atoms with Crippen LogP contribution in [0.2, 0.25) is 5.02 Å². The van der Waals surface area contributed by atoms with Crippen LogP contribution in [0.3, 0.4) is 0 Å². The second-order valence-corrected chi connectivity index (χ2v) is 7.83. The number of carbonyl (C=O) groups excluding carboxylic acids is 1. The van der Waals surface area contributed by atoms with Crippen LogP contribution in [-0.4, -0.2) is 47.5 Å². The molecule has 0 fully saturated rings. The van der Waals surface area contributed by atoms with Gasteiger partial charge in [0.05, 0.1) is 5.56 Å². The highest BCUT2D eigenvalue weighted by Crippen LogP contribution is 2.29. The molecule has 36 heavy (non-hydrogen) atoms. The highest BCUT2D eigenvalue weighted by Gasteiger charge is 2.39. The molecule has 1 N–H and O–H groups in total. The van der Waals surface area contributed by atoms with Crippen molar-refractivity contribution >= 4 is 30.9 Å². The van der Waals surface area contributed by atoms with Crippen LogP contribution in [0.25, 0.3) is 5.82 Å². The fourth-order valence-electron chi connectivity index (χ4n) is 3.18. The Bertz CT molecular complexity index is 1310. The summed E-state index contributed by atoms with van der Waals surface area (Å²) in [6.45, 7) is 3.25. The van der Waals surface area contributed by atoms with Gasteiger partial charge in [-0.15, -0.1) is 5.10 Å². The lowest BCUT2D eigenvalue weighted by Crippen LogP contribution is -2.32. The maximum Gasteiger partial charge on any atom is 0.425 e. The Balaban J connectivity index is 0.00000456. The molecule has 0 saturated heterocycles. The van der Waals surface area contributed by atoms with Crippen molar-refractivity contribution in [1.82, 2.24) is 24.3 Å². The molecular weight excluding hydrogens is 530 g/mol. The van der Waals surface area contributed by atoms with E-state index in [-0.39, 0.29) is 30.9 Å². The van der Waals surface area contributed by atoms with Crippen LogP contribution in [0.4, 0.5) is 17.6 Å². The van der Waals surface area contributed by atoms with E-state index < -0.39 is 59.9 Å². The number of hydrogen-bond acceptors (Lipinski definition) is 7. The molecule has 15 heteroatoms. The van der Waals surface area contributed by atoms with Crippen LogP contribution in [-0.2, 0) is 19.6 Å². The summed E-state index contributed by atoms with van der Waals surface area (Å²) in [4.78, 5) is 33.4. The smallest absolute Gasteiger partial charge is 0.425 e. The summed E-state index contributed by atoms with van der Waals surface area (Å²) in [6.07, 6.45) is -6.25. The van der Waals surface area contributed by atoms with Gasteiger partial charge in [-0.1, -0.05) is 11.6 Å². The number of hydrogen-bond donors (Lipinski definition) is 1. The number of aliphatic hydroxyl groups is 1. The van der Waals surface area contributed by atoms with Gasteiger partial charge >= 0.3 is 11.9 Å². The van der Waals surface area contributed by atoms with Crippen LogP contribution < -0.4 is 10.4 Å². The molecule has 0 bridgehead atoms. The fourth-order valence-corrected chi connectivity index (χ4v) is 3.44. The van der Waals surface area contributed by atoms with Crippen molar-refractivity contribution < 1.29 is 32.2 Å². The fraction of sp³-hybridized carbons (Fsp3) is 0.381. The molecule has 3 heterocycles.